The Hall–Kier alpha value is -3.22. The van der Waals surface area contributed by atoms with E-state index in [0.717, 1.165) is 11.1 Å². The number of ether oxygens (including phenoxy) is 1. The van der Waals surface area contributed by atoms with Crippen molar-refractivity contribution in [2.75, 3.05) is 5.32 Å². The number of hydrogen-bond donors (Lipinski definition) is 1. The van der Waals surface area contributed by atoms with Crippen molar-refractivity contribution in [3.8, 4) is 5.75 Å². The van der Waals surface area contributed by atoms with Crippen molar-refractivity contribution in [2.45, 2.75) is 20.1 Å². The Morgan fingerprint density at radius 3 is 2.77 bits per heavy atom. The summed E-state index contributed by atoms with van der Waals surface area (Å²) in [5, 5.41) is 8.37. The molecule has 0 aliphatic rings. The molecule has 2 aromatic heterocycles. The van der Waals surface area contributed by atoms with Crippen LogP contribution in [0, 0.1) is 6.92 Å². The standard InChI is InChI=1S/C23H19Cl2N3O3/c1-15-9-18(25)5-7-21(15)30-14-20-6-8-22(31-20)23(29)27-19-11-26-28(13-19)12-16-3-2-4-17(24)10-16/h2-11,13H,12,14H2,1H3,(H,27,29). The number of halogens is 2. The first-order valence-corrected chi connectivity index (χ1v) is 10.3. The summed E-state index contributed by atoms with van der Waals surface area (Å²) in [7, 11) is 0. The Labute approximate surface area is 189 Å². The average Bonchev–Trinajstić information content (AvgIpc) is 3.37. The van der Waals surface area contributed by atoms with Gasteiger partial charge in [0.2, 0.25) is 0 Å². The van der Waals surface area contributed by atoms with Gasteiger partial charge in [-0.2, -0.15) is 5.10 Å². The van der Waals surface area contributed by atoms with Crippen LogP contribution < -0.4 is 10.1 Å². The monoisotopic (exact) mass is 455 g/mol. The maximum absolute atomic E-state index is 12.5. The highest BCUT2D eigenvalue weighted by Gasteiger charge is 2.13. The van der Waals surface area contributed by atoms with Crippen LogP contribution in [0.5, 0.6) is 5.75 Å². The highest BCUT2D eigenvalue weighted by molar-refractivity contribution is 6.30. The zero-order chi connectivity index (χ0) is 21.8. The van der Waals surface area contributed by atoms with E-state index in [9.17, 15) is 4.79 Å². The van der Waals surface area contributed by atoms with Gasteiger partial charge in [-0.25, -0.2) is 0 Å². The normalized spacial score (nSPS) is 10.8. The van der Waals surface area contributed by atoms with Crippen LogP contribution in [0.25, 0.3) is 0 Å². The molecular formula is C23H19Cl2N3O3. The fourth-order valence-electron chi connectivity index (χ4n) is 3.03. The van der Waals surface area contributed by atoms with Crippen LogP contribution >= 0.6 is 23.2 Å². The Morgan fingerprint density at radius 2 is 1.97 bits per heavy atom. The third kappa shape index (κ3) is 5.48. The number of aromatic nitrogens is 2. The third-order valence-corrected chi connectivity index (χ3v) is 4.99. The number of aryl methyl sites for hydroxylation is 1. The molecule has 31 heavy (non-hydrogen) atoms. The quantitative estimate of drug-likeness (QED) is 0.372. The molecule has 2 aromatic carbocycles. The van der Waals surface area contributed by atoms with Crippen molar-refractivity contribution in [1.29, 1.82) is 0 Å². The highest BCUT2D eigenvalue weighted by atomic mass is 35.5. The molecule has 4 aromatic rings. The third-order valence-electron chi connectivity index (χ3n) is 4.52. The maximum atomic E-state index is 12.5. The second-order valence-corrected chi connectivity index (χ2v) is 7.85. The first kappa shape index (κ1) is 21.0. The molecule has 0 radical (unpaired) electrons. The van der Waals surface area contributed by atoms with Crippen LogP contribution in [0.15, 0.2) is 71.4 Å². The second-order valence-electron chi connectivity index (χ2n) is 6.98. The van der Waals surface area contributed by atoms with Crippen LogP contribution in [0.3, 0.4) is 0 Å². The number of nitrogens with zero attached hydrogens (tertiary/aromatic N) is 2. The first-order chi connectivity index (χ1) is 15.0. The van der Waals surface area contributed by atoms with Gasteiger partial charge < -0.3 is 14.5 Å². The molecule has 1 N–H and O–H groups in total. The summed E-state index contributed by atoms with van der Waals surface area (Å²) >= 11 is 12.0. The van der Waals surface area contributed by atoms with E-state index in [1.807, 2.05) is 37.3 Å². The Morgan fingerprint density at radius 1 is 1.13 bits per heavy atom. The summed E-state index contributed by atoms with van der Waals surface area (Å²) in [6, 6.07) is 16.2. The highest BCUT2D eigenvalue weighted by Crippen LogP contribution is 2.23. The number of rotatable bonds is 7. The molecule has 8 heteroatoms. The molecule has 1 amide bonds. The van der Waals surface area contributed by atoms with E-state index in [0.29, 0.717) is 33.8 Å². The van der Waals surface area contributed by atoms with Gasteiger partial charge in [0.15, 0.2) is 5.76 Å². The first-order valence-electron chi connectivity index (χ1n) is 9.52. The van der Waals surface area contributed by atoms with E-state index in [4.69, 9.17) is 32.4 Å². The summed E-state index contributed by atoms with van der Waals surface area (Å²) in [5.74, 6) is 1.07. The van der Waals surface area contributed by atoms with Crippen LogP contribution in [-0.4, -0.2) is 15.7 Å². The SMILES string of the molecule is Cc1cc(Cl)ccc1OCc1ccc(C(=O)Nc2cnn(Cc3cccc(Cl)c3)c2)o1. The van der Waals surface area contributed by atoms with Gasteiger partial charge in [-0.05, 0) is 60.5 Å². The van der Waals surface area contributed by atoms with Crippen molar-refractivity contribution in [2.24, 2.45) is 0 Å². The lowest BCUT2D eigenvalue weighted by Crippen LogP contribution is -2.10. The molecule has 0 bridgehead atoms. The predicted molar refractivity (Wildman–Crippen MR) is 120 cm³/mol. The molecule has 0 fully saturated rings. The smallest absolute Gasteiger partial charge is 0.291 e. The largest absolute Gasteiger partial charge is 0.485 e. The number of furan rings is 1. The number of nitrogens with one attached hydrogen (secondary N) is 1. The zero-order valence-electron chi connectivity index (χ0n) is 16.6. The van der Waals surface area contributed by atoms with Gasteiger partial charge in [0.1, 0.15) is 18.1 Å². The van der Waals surface area contributed by atoms with Crippen molar-refractivity contribution >= 4 is 34.8 Å². The van der Waals surface area contributed by atoms with E-state index >= 15 is 0 Å². The molecule has 0 spiro atoms. The van der Waals surface area contributed by atoms with Gasteiger partial charge in [0.05, 0.1) is 18.4 Å². The number of hydrogen-bond acceptors (Lipinski definition) is 4. The van der Waals surface area contributed by atoms with E-state index in [1.165, 1.54) is 0 Å². The average molecular weight is 456 g/mol. The molecular weight excluding hydrogens is 437 g/mol. The summed E-state index contributed by atoms with van der Waals surface area (Å²) in [6.07, 6.45) is 3.33. The summed E-state index contributed by atoms with van der Waals surface area (Å²) < 4.78 is 13.1. The van der Waals surface area contributed by atoms with E-state index in [-0.39, 0.29) is 18.3 Å². The van der Waals surface area contributed by atoms with Gasteiger partial charge in [-0.15, -0.1) is 0 Å². The van der Waals surface area contributed by atoms with Crippen molar-refractivity contribution in [3.05, 3.63) is 99.7 Å². The Kier molecular flexibility index (Phi) is 6.30. The predicted octanol–water partition coefficient (Wildman–Crippen LogP) is 5.97. The van der Waals surface area contributed by atoms with Crippen molar-refractivity contribution in [3.63, 3.8) is 0 Å². The van der Waals surface area contributed by atoms with Gasteiger partial charge in [0, 0.05) is 16.2 Å². The lowest BCUT2D eigenvalue weighted by Gasteiger charge is -2.07. The van der Waals surface area contributed by atoms with Crippen molar-refractivity contribution < 1.29 is 13.9 Å². The molecule has 4 rings (SSSR count). The maximum Gasteiger partial charge on any atom is 0.291 e. The number of amides is 1. The molecule has 6 nitrogen and oxygen atoms in total. The Bertz CT molecular complexity index is 1220. The lowest BCUT2D eigenvalue weighted by atomic mass is 10.2. The van der Waals surface area contributed by atoms with Gasteiger partial charge in [-0.3, -0.25) is 9.48 Å². The zero-order valence-corrected chi connectivity index (χ0v) is 18.2. The molecule has 0 saturated carbocycles. The summed E-state index contributed by atoms with van der Waals surface area (Å²) in [4.78, 5) is 12.5. The number of benzene rings is 2. The number of carbonyl (C=O) groups is 1. The molecule has 0 aliphatic heterocycles. The second kappa shape index (κ2) is 9.29. The van der Waals surface area contributed by atoms with Crippen LogP contribution in [0.1, 0.15) is 27.4 Å². The Balaban J connectivity index is 1.34. The fraction of sp³-hybridized carbons (Fsp3) is 0.130. The molecule has 158 valence electrons. The van der Waals surface area contributed by atoms with Crippen LogP contribution in [0.2, 0.25) is 10.0 Å². The molecule has 0 aliphatic carbocycles. The van der Waals surface area contributed by atoms with Crippen LogP contribution in [-0.2, 0) is 13.2 Å². The minimum Gasteiger partial charge on any atom is -0.485 e. The number of carbonyl (C=O) groups excluding carboxylic acids is 1. The van der Waals surface area contributed by atoms with E-state index in [2.05, 4.69) is 10.4 Å². The molecule has 0 saturated heterocycles. The minimum absolute atomic E-state index is 0.189. The fourth-order valence-corrected chi connectivity index (χ4v) is 3.47. The summed E-state index contributed by atoms with van der Waals surface area (Å²) in [5.41, 5.74) is 2.50. The van der Waals surface area contributed by atoms with Crippen molar-refractivity contribution in [1.82, 2.24) is 9.78 Å². The van der Waals surface area contributed by atoms with Gasteiger partial charge in [0.25, 0.3) is 5.91 Å². The molecule has 0 atom stereocenters. The van der Waals surface area contributed by atoms with Crippen LogP contribution in [0.4, 0.5) is 5.69 Å². The van der Waals surface area contributed by atoms with E-state index < -0.39 is 0 Å². The minimum atomic E-state index is -0.365. The lowest BCUT2D eigenvalue weighted by molar-refractivity contribution is 0.0992. The van der Waals surface area contributed by atoms with E-state index in [1.54, 1.807) is 41.3 Å². The molecule has 0 unspecified atom stereocenters. The molecule has 2 heterocycles. The topological polar surface area (TPSA) is 69.3 Å². The number of anilines is 1. The summed E-state index contributed by atoms with van der Waals surface area (Å²) in [6.45, 7) is 2.66. The van der Waals surface area contributed by atoms with Gasteiger partial charge in [-0.1, -0.05) is 35.3 Å². The van der Waals surface area contributed by atoms with Gasteiger partial charge >= 0.3 is 0 Å².